The van der Waals surface area contributed by atoms with Crippen LogP contribution in [-0.2, 0) is 14.3 Å². The van der Waals surface area contributed by atoms with Gasteiger partial charge < -0.3 is 9.47 Å². The van der Waals surface area contributed by atoms with Gasteiger partial charge in [-0.1, -0.05) is 12.7 Å². The van der Waals surface area contributed by atoms with Crippen LogP contribution in [0.1, 0.15) is 19.8 Å². The van der Waals surface area contributed by atoms with Crippen molar-refractivity contribution in [2.75, 3.05) is 6.61 Å². The number of ether oxygens (including phenoxy) is 2. The molecule has 0 spiro atoms. The Bertz CT molecular complexity index is 230. The van der Waals surface area contributed by atoms with E-state index in [9.17, 15) is 4.79 Å². The molecule has 0 amide bonds. The molecule has 0 unspecified atom stereocenters. The van der Waals surface area contributed by atoms with Crippen LogP contribution in [0.5, 0.6) is 0 Å². The predicted molar refractivity (Wildman–Crippen MR) is 49.0 cm³/mol. The van der Waals surface area contributed by atoms with Gasteiger partial charge in [-0.3, -0.25) is 0 Å². The van der Waals surface area contributed by atoms with Gasteiger partial charge in [-0.25, -0.2) is 4.79 Å². The average molecular weight is 182 g/mol. The van der Waals surface area contributed by atoms with Crippen molar-refractivity contribution in [2.45, 2.75) is 25.9 Å². The zero-order valence-corrected chi connectivity index (χ0v) is 7.79. The lowest BCUT2D eigenvalue weighted by molar-refractivity contribution is -0.137. The van der Waals surface area contributed by atoms with Crippen LogP contribution < -0.4 is 0 Å². The lowest BCUT2D eigenvalue weighted by Gasteiger charge is -2.03. The first kappa shape index (κ1) is 9.84. The van der Waals surface area contributed by atoms with Crippen molar-refractivity contribution in [1.29, 1.82) is 0 Å². The Labute approximate surface area is 78.0 Å². The van der Waals surface area contributed by atoms with Crippen molar-refractivity contribution in [2.24, 2.45) is 0 Å². The van der Waals surface area contributed by atoms with Crippen LogP contribution in [0.3, 0.4) is 0 Å². The minimum atomic E-state index is -0.331. The van der Waals surface area contributed by atoms with Gasteiger partial charge in [0.25, 0.3) is 0 Å². The Morgan fingerprint density at radius 2 is 2.62 bits per heavy atom. The lowest BCUT2D eigenvalue weighted by atomic mass is 10.2. The number of rotatable bonds is 3. The molecule has 3 heteroatoms. The summed E-state index contributed by atoms with van der Waals surface area (Å²) in [5, 5.41) is 0. The number of hydrogen-bond donors (Lipinski definition) is 0. The van der Waals surface area contributed by atoms with E-state index in [4.69, 9.17) is 9.47 Å². The SMILES string of the molecule is C=C[C@H]1CC/C(=C/C(=O)OCC)O1. The van der Waals surface area contributed by atoms with Gasteiger partial charge in [0.2, 0.25) is 0 Å². The van der Waals surface area contributed by atoms with E-state index < -0.39 is 0 Å². The van der Waals surface area contributed by atoms with E-state index in [1.54, 1.807) is 13.0 Å². The number of carbonyl (C=O) groups is 1. The number of allylic oxidation sites excluding steroid dienone is 1. The number of esters is 1. The average Bonchev–Trinajstić information content (AvgIpc) is 2.52. The second-order valence-corrected chi connectivity index (χ2v) is 2.79. The number of hydrogen-bond acceptors (Lipinski definition) is 3. The molecule has 1 saturated heterocycles. The molecule has 0 aromatic rings. The Balaban J connectivity index is 2.44. The standard InChI is InChI=1S/C10H14O3/c1-3-8-5-6-9(13-8)7-10(11)12-4-2/h3,7-8H,1,4-6H2,2H3/b9-7-/t8-/m0/s1. The fraction of sp³-hybridized carbons (Fsp3) is 0.500. The highest BCUT2D eigenvalue weighted by Crippen LogP contribution is 2.23. The predicted octanol–water partition coefficient (Wildman–Crippen LogP) is 1.80. The molecule has 0 N–H and O–H groups in total. The van der Waals surface area contributed by atoms with Gasteiger partial charge in [0.1, 0.15) is 11.9 Å². The lowest BCUT2D eigenvalue weighted by Crippen LogP contribution is -2.02. The molecular formula is C10H14O3. The molecule has 0 aliphatic carbocycles. The topological polar surface area (TPSA) is 35.5 Å². The third-order valence-corrected chi connectivity index (χ3v) is 1.81. The summed E-state index contributed by atoms with van der Waals surface area (Å²) in [7, 11) is 0. The number of carbonyl (C=O) groups excluding carboxylic acids is 1. The molecular weight excluding hydrogens is 168 g/mol. The minimum Gasteiger partial charge on any atom is -0.490 e. The second kappa shape index (κ2) is 4.70. The van der Waals surface area contributed by atoms with Crippen molar-refractivity contribution in [3.63, 3.8) is 0 Å². The molecule has 3 nitrogen and oxygen atoms in total. The molecule has 1 fully saturated rings. The van der Waals surface area contributed by atoms with E-state index >= 15 is 0 Å². The fourth-order valence-electron chi connectivity index (χ4n) is 1.18. The maximum absolute atomic E-state index is 11.0. The molecule has 0 saturated carbocycles. The van der Waals surface area contributed by atoms with Crippen molar-refractivity contribution >= 4 is 5.97 Å². The molecule has 1 rings (SSSR count). The molecule has 13 heavy (non-hydrogen) atoms. The highest BCUT2D eigenvalue weighted by atomic mass is 16.5. The summed E-state index contributed by atoms with van der Waals surface area (Å²) in [5.41, 5.74) is 0. The largest absolute Gasteiger partial charge is 0.490 e. The molecule has 1 aliphatic heterocycles. The van der Waals surface area contributed by atoms with Crippen LogP contribution in [0.25, 0.3) is 0 Å². The van der Waals surface area contributed by atoms with Crippen LogP contribution in [0.2, 0.25) is 0 Å². The summed E-state index contributed by atoms with van der Waals surface area (Å²) in [5.74, 6) is 0.366. The fourth-order valence-corrected chi connectivity index (χ4v) is 1.18. The zero-order valence-electron chi connectivity index (χ0n) is 7.79. The first-order chi connectivity index (χ1) is 6.26. The molecule has 1 aliphatic rings. The van der Waals surface area contributed by atoms with Crippen LogP contribution in [0.4, 0.5) is 0 Å². The Morgan fingerprint density at radius 1 is 1.85 bits per heavy atom. The summed E-state index contributed by atoms with van der Waals surface area (Å²) in [4.78, 5) is 11.0. The molecule has 0 radical (unpaired) electrons. The van der Waals surface area contributed by atoms with E-state index in [1.165, 1.54) is 6.08 Å². The second-order valence-electron chi connectivity index (χ2n) is 2.79. The Hall–Kier alpha value is -1.25. The van der Waals surface area contributed by atoms with Gasteiger partial charge in [0.15, 0.2) is 0 Å². The van der Waals surface area contributed by atoms with Gasteiger partial charge in [0.05, 0.1) is 12.7 Å². The van der Waals surface area contributed by atoms with Crippen LogP contribution in [0, 0.1) is 0 Å². The summed E-state index contributed by atoms with van der Waals surface area (Å²) in [6.07, 6.45) is 4.89. The van der Waals surface area contributed by atoms with E-state index in [0.29, 0.717) is 12.4 Å². The van der Waals surface area contributed by atoms with Crippen molar-refractivity contribution < 1.29 is 14.3 Å². The molecule has 1 atom stereocenters. The summed E-state index contributed by atoms with van der Waals surface area (Å²) >= 11 is 0. The third-order valence-electron chi connectivity index (χ3n) is 1.81. The van der Waals surface area contributed by atoms with E-state index in [2.05, 4.69) is 6.58 Å². The monoisotopic (exact) mass is 182 g/mol. The zero-order chi connectivity index (χ0) is 9.68. The van der Waals surface area contributed by atoms with Crippen LogP contribution >= 0.6 is 0 Å². The summed E-state index contributed by atoms with van der Waals surface area (Å²) < 4.78 is 10.1. The Kier molecular flexibility index (Phi) is 3.55. The normalized spacial score (nSPS) is 24.1. The quantitative estimate of drug-likeness (QED) is 0.379. The first-order valence-corrected chi connectivity index (χ1v) is 4.42. The molecule has 1 heterocycles. The Morgan fingerprint density at radius 3 is 3.15 bits per heavy atom. The molecule has 0 bridgehead atoms. The van der Waals surface area contributed by atoms with Gasteiger partial charge in [-0.15, -0.1) is 0 Å². The van der Waals surface area contributed by atoms with Gasteiger partial charge in [-0.05, 0) is 13.3 Å². The van der Waals surface area contributed by atoms with Gasteiger partial charge in [-0.2, -0.15) is 0 Å². The van der Waals surface area contributed by atoms with Crippen molar-refractivity contribution in [1.82, 2.24) is 0 Å². The minimum absolute atomic E-state index is 0.0562. The maximum atomic E-state index is 11.0. The molecule has 0 aromatic heterocycles. The maximum Gasteiger partial charge on any atom is 0.334 e. The molecule has 0 aromatic carbocycles. The van der Waals surface area contributed by atoms with Gasteiger partial charge >= 0.3 is 5.97 Å². The van der Waals surface area contributed by atoms with Crippen LogP contribution in [-0.4, -0.2) is 18.7 Å². The van der Waals surface area contributed by atoms with E-state index in [-0.39, 0.29) is 12.1 Å². The summed E-state index contributed by atoms with van der Waals surface area (Å²) in [6.45, 7) is 5.80. The highest BCUT2D eigenvalue weighted by Gasteiger charge is 2.18. The smallest absolute Gasteiger partial charge is 0.334 e. The molecule has 72 valence electrons. The van der Waals surface area contributed by atoms with Crippen LogP contribution in [0.15, 0.2) is 24.5 Å². The van der Waals surface area contributed by atoms with E-state index in [1.807, 2.05) is 0 Å². The highest BCUT2D eigenvalue weighted by molar-refractivity contribution is 5.82. The van der Waals surface area contributed by atoms with Gasteiger partial charge in [0, 0.05) is 6.42 Å². The third kappa shape index (κ3) is 2.93. The van der Waals surface area contributed by atoms with E-state index in [0.717, 1.165) is 12.8 Å². The first-order valence-electron chi connectivity index (χ1n) is 4.42. The van der Waals surface area contributed by atoms with Crippen molar-refractivity contribution in [3.05, 3.63) is 24.5 Å². The summed E-state index contributed by atoms with van der Waals surface area (Å²) in [6, 6.07) is 0. The van der Waals surface area contributed by atoms with Crippen molar-refractivity contribution in [3.8, 4) is 0 Å².